The number of amides is 2. The highest BCUT2D eigenvalue weighted by molar-refractivity contribution is 5.90. The summed E-state index contributed by atoms with van der Waals surface area (Å²) in [5.74, 6) is 3.19. The van der Waals surface area contributed by atoms with Crippen molar-refractivity contribution in [3.05, 3.63) is 30.5 Å². The molecule has 3 saturated carbocycles. The van der Waals surface area contributed by atoms with E-state index in [4.69, 9.17) is 4.74 Å². The number of carbonyl (C=O) groups is 2. The second kappa shape index (κ2) is 8.14. The third kappa shape index (κ3) is 3.57. The molecule has 6 nitrogen and oxygen atoms in total. The summed E-state index contributed by atoms with van der Waals surface area (Å²) in [5.41, 5.74) is 1.02. The number of anilines is 1. The van der Waals surface area contributed by atoms with Crippen molar-refractivity contribution >= 4 is 17.5 Å². The van der Waals surface area contributed by atoms with Crippen molar-refractivity contribution in [1.29, 1.82) is 0 Å². The van der Waals surface area contributed by atoms with Crippen molar-refractivity contribution in [2.75, 3.05) is 19.5 Å². The summed E-state index contributed by atoms with van der Waals surface area (Å²) < 4.78 is 5.10. The molecule has 0 spiro atoms. The van der Waals surface area contributed by atoms with Crippen LogP contribution < -0.4 is 10.1 Å². The Morgan fingerprint density at radius 1 is 1.18 bits per heavy atom. The van der Waals surface area contributed by atoms with Gasteiger partial charge in [0.1, 0.15) is 0 Å². The third-order valence-corrected chi connectivity index (χ3v) is 9.99. The minimum atomic E-state index is 0.0731. The summed E-state index contributed by atoms with van der Waals surface area (Å²) in [6.07, 6.45) is 13.3. The lowest BCUT2D eigenvalue weighted by Gasteiger charge is -2.60. The second-order valence-electron chi connectivity index (χ2n) is 11.3. The summed E-state index contributed by atoms with van der Waals surface area (Å²) in [4.78, 5) is 31.4. The summed E-state index contributed by atoms with van der Waals surface area (Å²) in [5, 5.41) is 3.04. The minimum Gasteiger partial charge on any atom is -0.481 e. The van der Waals surface area contributed by atoms with Gasteiger partial charge in [-0.25, -0.2) is 4.98 Å². The molecule has 5 rings (SSSR count). The van der Waals surface area contributed by atoms with Crippen molar-refractivity contribution in [2.45, 2.75) is 64.8 Å². The predicted molar refractivity (Wildman–Crippen MR) is 128 cm³/mol. The number of fused-ring (bicyclic) bond motifs is 5. The van der Waals surface area contributed by atoms with E-state index in [0.717, 1.165) is 18.5 Å². The number of likely N-dealkylation sites (N-methyl/N-ethyl adjacent to an activating group) is 1. The number of carbonyl (C=O) groups excluding carboxylic acids is 2. The number of nitrogens with zero attached hydrogens (tertiary/aromatic N) is 2. The molecule has 2 amide bonds. The van der Waals surface area contributed by atoms with Crippen LogP contribution in [0.1, 0.15) is 58.8 Å². The molecule has 1 aromatic rings. The van der Waals surface area contributed by atoms with Gasteiger partial charge in [0, 0.05) is 31.0 Å². The van der Waals surface area contributed by atoms with Gasteiger partial charge in [-0.1, -0.05) is 19.9 Å². The first-order valence-corrected chi connectivity index (χ1v) is 12.5. The molecular formula is C27H37N3O3. The first-order valence-electron chi connectivity index (χ1n) is 12.5. The van der Waals surface area contributed by atoms with Crippen molar-refractivity contribution in [1.82, 2.24) is 9.88 Å². The third-order valence-electron chi connectivity index (χ3n) is 9.99. The quantitative estimate of drug-likeness (QED) is 0.722. The van der Waals surface area contributed by atoms with Gasteiger partial charge in [0.25, 0.3) is 0 Å². The Labute approximate surface area is 197 Å². The molecule has 0 aromatic carbocycles. The molecule has 4 aliphatic rings. The molecule has 0 radical (unpaired) electrons. The number of hydrogen-bond donors (Lipinski definition) is 1. The first-order chi connectivity index (χ1) is 15.8. The van der Waals surface area contributed by atoms with Gasteiger partial charge in [-0.05, 0) is 79.8 Å². The number of aromatic nitrogens is 1. The molecule has 0 unspecified atom stereocenters. The Kier molecular flexibility index (Phi) is 5.53. The molecule has 3 fully saturated rings. The smallest absolute Gasteiger partial charge is 0.246 e. The monoisotopic (exact) mass is 451 g/mol. The summed E-state index contributed by atoms with van der Waals surface area (Å²) in [6, 6.07) is 3.93. The molecule has 2 heterocycles. The van der Waals surface area contributed by atoms with Gasteiger partial charge in [0.2, 0.25) is 17.7 Å². The fourth-order valence-electron chi connectivity index (χ4n) is 8.19. The van der Waals surface area contributed by atoms with Gasteiger partial charge in [-0.15, -0.1) is 0 Å². The topological polar surface area (TPSA) is 71.5 Å². The lowest BCUT2D eigenvalue weighted by molar-refractivity contribution is -0.139. The van der Waals surface area contributed by atoms with Crippen LogP contribution in [-0.2, 0) is 9.59 Å². The Balaban J connectivity index is 1.29. The predicted octanol–water partition coefficient (Wildman–Crippen LogP) is 4.67. The normalized spacial score (nSPS) is 39.5. The zero-order chi connectivity index (χ0) is 23.4. The molecule has 178 valence electrons. The van der Waals surface area contributed by atoms with Crippen molar-refractivity contribution in [3.8, 4) is 5.88 Å². The lowest BCUT2D eigenvalue weighted by atomic mass is 9.47. The minimum absolute atomic E-state index is 0.0731. The van der Waals surface area contributed by atoms with E-state index < -0.39 is 0 Å². The van der Waals surface area contributed by atoms with Crippen LogP contribution in [0, 0.1) is 34.5 Å². The van der Waals surface area contributed by atoms with E-state index in [1.165, 1.54) is 25.7 Å². The van der Waals surface area contributed by atoms with Crippen molar-refractivity contribution in [3.63, 3.8) is 0 Å². The van der Waals surface area contributed by atoms with Crippen LogP contribution in [-0.4, -0.2) is 41.9 Å². The van der Waals surface area contributed by atoms with Crippen LogP contribution in [0.4, 0.5) is 5.69 Å². The number of pyridine rings is 1. The zero-order valence-corrected chi connectivity index (χ0v) is 20.3. The van der Waals surface area contributed by atoms with E-state index in [9.17, 15) is 9.59 Å². The Bertz CT molecular complexity index is 960. The summed E-state index contributed by atoms with van der Waals surface area (Å²) >= 11 is 0. The van der Waals surface area contributed by atoms with Crippen LogP contribution in [0.15, 0.2) is 30.5 Å². The average Bonchev–Trinajstić information content (AvgIpc) is 3.13. The van der Waals surface area contributed by atoms with Gasteiger partial charge < -0.3 is 15.0 Å². The number of hydrogen-bond acceptors (Lipinski definition) is 4. The van der Waals surface area contributed by atoms with Crippen LogP contribution >= 0.6 is 0 Å². The molecular weight excluding hydrogens is 414 g/mol. The summed E-state index contributed by atoms with van der Waals surface area (Å²) in [7, 11) is 3.56. The van der Waals surface area contributed by atoms with E-state index in [1.54, 1.807) is 19.4 Å². The summed E-state index contributed by atoms with van der Waals surface area (Å²) in [6.45, 7) is 4.84. The zero-order valence-electron chi connectivity index (χ0n) is 20.3. The molecule has 3 aliphatic carbocycles. The molecule has 1 N–H and O–H groups in total. The van der Waals surface area contributed by atoms with Crippen LogP contribution in [0.25, 0.3) is 0 Å². The fraction of sp³-hybridized carbons (Fsp3) is 0.667. The number of methoxy groups -OCH3 is 1. The molecule has 0 bridgehead atoms. The molecule has 0 saturated heterocycles. The van der Waals surface area contributed by atoms with Gasteiger partial charge in [0.15, 0.2) is 0 Å². The highest BCUT2D eigenvalue weighted by atomic mass is 16.5. The molecule has 1 aliphatic heterocycles. The van der Waals surface area contributed by atoms with Crippen molar-refractivity contribution < 1.29 is 14.3 Å². The molecule has 33 heavy (non-hydrogen) atoms. The largest absolute Gasteiger partial charge is 0.481 e. The molecule has 7 atom stereocenters. The van der Waals surface area contributed by atoms with Crippen LogP contribution in [0.5, 0.6) is 5.88 Å². The van der Waals surface area contributed by atoms with Gasteiger partial charge in [-0.2, -0.15) is 0 Å². The maximum atomic E-state index is 12.9. The number of ether oxygens (including phenoxy) is 1. The average molecular weight is 452 g/mol. The highest BCUT2D eigenvalue weighted by Gasteiger charge is 2.60. The van der Waals surface area contributed by atoms with Crippen LogP contribution in [0.3, 0.4) is 0 Å². The molecule has 6 heteroatoms. The van der Waals surface area contributed by atoms with E-state index in [0.29, 0.717) is 42.0 Å². The maximum absolute atomic E-state index is 12.9. The Morgan fingerprint density at radius 3 is 2.73 bits per heavy atom. The maximum Gasteiger partial charge on any atom is 0.246 e. The van der Waals surface area contributed by atoms with E-state index >= 15 is 0 Å². The van der Waals surface area contributed by atoms with Crippen molar-refractivity contribution in [2.24, 2.45) is 34.5 Å². The lowest BCUT2D eigenvalue weighted by Crippen LogP contribution is -2.59. The van der Waals surface area contributed by atoms with E-state index in [2.05, 4.69) is 30.2 Å². The number of nitrogens with one attached hydrogen (secondary N) is 1. The number of rotatable bonds is 4. The van der Waals surface area contributed by atoms with Crippen LogP contribution in [0.2, 0.25) is 0 Å². The van der Waals surface area contributed by atoms with Gasteiger partial charge >= 0.3 is 0 Å². The molecule has 1 aromatic heterocycles. The van der Waals surface area contributed by atoms with E-state index in [1.807, 2.05) is 24.1 Å². The standard InChI is InChI=1S/C27H37N3O3/c1-26-13-11-21-19(7-9-22-27(21,2)14-12-25(32)30(22)3)20(26)8-5-17(26)15-23(31)29-18-6-10-24(33-4)28-16-18/h6,10,12,14,16-17,19-22H,5,7-9,11,13,15H2,1-4H3,(H,29,31)/t17-,19+,20+,21+,22-,26-,27-/m1/s1. The SMILES string of the molecule is COc1ccc(NC(=O)C[C@H]2CC[C@H]3[C@@H]4CC[C@H]5N(C)C(=O)C=C[C@]5(C)[C@H]4CC[C@]23C)cn1. The van der Waals surface area contributed by atoms with E-state index in [-0.39, 0.29) is 22.6 Å². The van der Waals surface area contributed by atoms with Gasteiger partial charge in [-0.3, -0.25) is 9.59 Å². The Morgan fingerprint density at radius 2 is 2.00 bits per heavy atom. The first kappa shape index (κ1) is 22.4. The van der Waals surface area contributed by atoms with Gasteiger partial charge in [0.05, 0.1) is 19.0 Å². The Hall–Kier alpha value is -2.37. The highest BCUT2D eigenvalue weighted by Crippen LogP contribution is 2.65. The second-order valence-corrected chi connectivity index (χ2v) is 11.3. The fourth-order valence-corrected chi connectivity index (χ4v) is 8.19.